The molecule has 5 N–H and O–H groups in total. The van der Waals surface area contributed by atoms with Crippen LogP contribution < -0.4 is 119 Å². The van der Waals surface area contributed by atoms with E-state index in [4.69, 9.17) is 10.2 Å². The standard InChI is InChI=1S/C31H32N6O12S2.2K/c38-16-14-32-28(40)26-22(30(42)36(34-26)18-20-8-4-6-12-24(20)50(44,45)46)10-2-1-3-11-23-27(29(41)33-15-17-39)35-37(31(23)43)19-21-9-5-7-13-25(21)51(47,48)49;;/h1-13,34,38-39H,14-19H2,(H,32,40)(H,33,41)(H,44,45,46)(H,47,48,49);;/q;2*+1/p-2. The third-order valence-corrected chi connectivity index (χ3v) is 8.87. The van der Waals surface area contributed by atoms with Gasteiger partial charge in [-0.15, -0.1) is 0 Å². The van der Waals surface area contributed by atoms with Gasteiger partial charge in [-0.3, -0.25) is 33.8 Å². The second-order valence-electron chi connectivity index (χ2n) is 10.4. The fraction of sp³-hybridized carbons (Fsp3) is 0.194. The van der Waals surface area contributed by atoms with Crippen molar-refractivity contribution in [3.8, 4) is 0 Å². The van der Waals surface area contributed by atoms with Crippen molar-refractivity contribution in [2.45, 2.75) is 22.9 Å². The van der Waals surface area contributed by atoms with E-state index >= 15 is 0 Å². The maximum Gasteiger partial charge on any atom is 1.00 e. The maximum atomic E-state index is 13.3. The van der Waals surface area contributed by atoms with Gasteiger partial charge in [-0.2, -0.15) is 21.9 Å². The van der Waals surface area contributed by atoms with Gasteiger partial charge in [0.1, 0.15) is 5.71 Å². The monoisotopic (exact) mass is 820 g/mol. The van der Waals surface area contributed by atoms with Gasteiger partial charge in [-0.1, -0.05) is 54.6 Å². The molecule has 4 rings (SSSR count). The first-order valence-electron chi connectivity index (χ1n) is 14.7. The van der Waals surface area contributed by atoms with E-state index in [0.29, 0.717) is 0 Å². The minimum Gasteiger partial charge on any atom is -0.857 e. The number of rotatable bonds is 15. The summed E-state index contributed by atoms with van der Waals surface area (Å²) < 4.78 is 67.5. The number of aromatic amines is 1. The molecule has 0 aliphatic carbocycles. The summed E-state index contributed by atoms with van der Waals surface area (Å²) in [5.41, 5.74) is -1.90. The molecule has 3 aromatic rings. The second kappa shape index (κ2) is 21.2. The predicted molar refractivity (Wildman–Crippen MR) is 179 cm³/mol. The van der Waals surface area contributed by atoms with Gasteiger partial charge in [0.15, 0.2) is 0 Å². The minimum absolute atomic E-state index is 0. The number of hydrogen-bond acceptors (Lipinski definition) is 13. The normalized spacial score (nSPS) is 14.9. The van der Waals surface area contributed by atoms with Crippen LogP contribution in [-0.4, -0.2) is 101 Å². The van der Waals surface area contributed by atoms with Crippen molar-refractivity contribution in [3.05, 3.63) is 111 Å². The number of carbonyl (C=O) groups excluding carboxylic acids is 1. The van der Waals surface area contributed by atoms with Crippen LogP contribution in [0.4, 0.5) is 0 Å². The van der Waals surface area contributed by atoms with Gasteiger partial charge in [0.2, 0.25) is 0 Å². The molecule has 18 nitrogen and oxygen atoms in total. The number of carbonyl (C=O) groups is 1. The molecule has 0 saturated carbocycles. The van der Waals surface area contributed by atoms with Crippen molar-refractivity contribution in [3.63, 3.8) is 0 Å². The molecular weight excluding hydrogens is 791 g/mol. The number of aliphatic hydroxyl groups is 2. The van der Waals surface area contributed by atoms with Crippen LogP contribution in [0.2, 0.25) is 0 Å². The van der Waals surface area contributed by atoms with E-state index in [1.165, 1.54) is 66.8 Å². The Morgan fingerprint density at radius 1 is 0.792 bits per heavy atom. The molecule has 0 fully saturated rings. The number of allylic oxidation sites excluding steroid dienone is 4. The molecular formula is C31H30K2N6O12S2. The van der Waals surface area contributed by atoms with E-state index in [-0.39, 0.29) is 144 Å². The zero-order valence-electron chi connectivity index (χ0n) is 28.4. The molecule has 0 spiro atoms. The van der Waals surface area contributed by atoms with Crippen LogP contribution in [0.25, 0.3) is 6.08 Å². The summed E-state index contributed by atoms with van der Waals surface area (Å²) in [7, 11) is -9.31. The average Bonchev–Trinajstić information content (AvgIpc) is 3.56. The van der Waals surface area contributed by atoms with E-state index in [1.54, 1.807) is 0 Å². The summed E-state index contributed by atoms with van der Waals surface area (Å²) in [6, 6.07) is 10.7. The Morgan fingerprint density at radius 2 is 1.32 bits per heavy atom. The molecule has 0 atom stereocenters. The fourth-order valence-corrected chi connectivity index (χ4v) is 6.16. The van der Waals surface area contributed by atoms with Crippen LogP contribution in [0.3, 0.4) is 0 Å². The third kappa shape index (κ3) is 12.4. The molecule has 0 bridgehead atoms. The van der Waals surface area contributed by atoms with Crippen molar-refractivity contribution in [1.29, 1.82) is 0 Å². The topological polar surface area (TPSA) is 290 Å². The summed E-state index contributed by atoms with van der Waals surface area (Å²) in [4.78, 5) is 33.0. The number of aliphatic imine (C=N–C) groups is 2. The Kier molecular flexibility index (Phi) is 18.7. The zero-order valence-corrected chi connectivity index (χ0v) is 36.2. The Labute approximate surface area is 388 Å². The van der Waals surface area contributed by atoms with Gasteiger partial charge in [-0.05, 0) is 35.4 Å². The summed E-state index contributed by atoms with van der Waals surface area (Å²) in [6.45, 7) is -2.31. The summed E-state index contributed by atoms with van der Waals surface area (Å²) >= 11 is 0. The number of H-pyrrole nitrogens is 1. The summed E-state index contributed by atoms with van der Waals surface area (Å²) in [5, 5.41) is 51.1. The average molecular weight is 821 g/mol. The van der Waals surface area contributed by atoms with Crippen molar-refractivity contribution in [2.24, 2.45) is 15.1 Å². The number of aliphatic hydroxyl groups excluding tert-OH is 2. The molecule has 0 radical (unpaired) electrons. The SMILES string of the molecule is O=C1C(=CC=CC=Cc2c(C([O-])=NCCO)[nH]n(Cc3ccccc3S(=O)(=O)O)c2=O)C(C([O-])=NCCO)=NN1Cc1ccccc1S(=O)(=O)O.[K+].[K+]. The number of amides is 1. The predicted octanol–water partition coefficient (Wildman–Crippen LogP) is -7.53. The van der Waals surface area contributed by atoms with Crippen LogP contribution in [0, 0.1) is 0 Å². The number of nitrogens with zero attached hydrogens (tertiary/aromatic N) is 5. The van der Waals surface area contributed by atoms with E-state index in [0.717, 1.165) is 21.8 Å². The third-order valence-electron chi connectivity index (χ3n) is 6.96. The van der Waals surface area contributed by atoms with Gasteiger partial charge < -0.3 is 20.4 Å². The largest absolute Gasteiger partial charge is 1.00 e. The molecule has 22 heteroatoms. The van der Waals surface area contributed by atoms with Crippen LogP contribution in [0.15, 0.2) is 108 Å². The summed E-state index contributed by atoms with van der Waals surface area (Å²) in [5.74, 6) is -2.67. The van der Waals surface area contributed by atoms with Crippen LogP contribution in [-0.2, 0) is 38.1 Å². The van der Waals surface area contributed by atoms with E-state index < -0.39 is 85.3 Å². The smallest absolute Gasteiger partial charge is 0.857 e. The summed E-state index contributed by atoms with van der Waals surface area (Å²) in [6.07, 6.45) is 6.32. The first-order valence-corrected chi connectivity index (χ1v) is 17.6. The van der Waals surface area contributed by atoms with E-state index in [1.807, 2.05) is 0 Å². The van der Waals surface area contributed by atoms with Crippen molar-refractivity contribution in [1.82, 2.24) is 14.8 Å². The molecule has 1 amide bonds. The Bertz CT molecular complexity index is 2280. The van der Waals surface area contributed by atoms with Crippen LogP contribution in [0.5, 0.6) is 0 Å². The van der Waals surface area contributed by atoms with Crippen LogP contribution in [0.1, 0.15) is 22.4 Å². The van der Waals surface area contributed by atoms with E-state index in [9.17, 15) is 45.7 Å². The Morgan fingerprint density at radius 3 is 1.87 bits per heavy atom. The minimum atomic E-state index is -4.66. The number of benzene rings is 2. The molecule has 2 aromatic carbocycles. The van der Waals surface area contributed by atoms with Gasteiger partial charge in [0, 0.05) is 11.8 Å². The Balaban J connectivity index is 0.00000486. The number of nitrogens with one attached hydrogen (secondary N) is 1. The van der Waals surface area contributed by atoms with E-state index in [2.05, 4.69) is 20.2 Å². The zero-order chi connectivity index (χ0) is 37.3. The molecule has 53 heavy (non-hydrogen) atoms. The van der Waals surface area contributed by atoms with Crippen molar-refractivity contribution < 1.29 is 154 Å². The molecule has 0 unspecified atom stereocenters. The quantitative estimate of drug-likeness (QED) is 0.0239. The van der Waals surface area contributed by atoms with Gasteiger partial charge in [0.25, 0.3) is 31.7 Å². The van der Waals surface area contributed by atoms with Crippen LogP contribution >= 0.6 is 0 Å². The molecule has 1 aliphatic rings. The van der Waals surface area contributed by atoms with Gasteiger partial charge in [-0.25, -0.2) is 9.69 Å². The molecule has 1 aliphatic heterocycles. The number of aromatic nitrogens is 2. The first kappa shape index (κ1) is 46.9. The van der Waals surface area contributed by atoms with Crippen molar-refractivity contribution in [2.75, 3.05) is 26.3 Å². The molecule has 270 valence electrons. The molecule has 0 saturated heterocycles. The fourth-order valence-electron chi connectivity index (χ4n) is 4.73. The maximum absolute atomic E-state index is 13.3. The first-order chi connectivity index (χ1) is 24.2. The second-order valence-corrected chi connectivity index (χ2v) is 13.2. The molecule has 2 heterocycles. The molecule has 1 aromatic heterocycles. The number of hydrogen-bond donors (Lipinski definition) is 5. The van der Waals surface area contributed by atoms with Gasteiger partial charge in [0.05, 0.1) is 66.0 Å². The number of hydrazone groups is 1. The van der Waals surface area contributed by atoms with Crippen molar-refractivity contribution >= 4 is 49.7 Å². The van der Waals surface area contributed by atoms with Gasteiger partial charge >= 0.3 is 103 Å². The Hall–Kier alpha value is -2.24.